The van der Waals surface area contributed by atoms with Gasteiger partial charge in [0.1, 0.15) is 5.69 Å². The topological polar surface area (TPSA) is 106 Å². The minimum absolute atomic E-state index is 0.108. The van der Waals surface area contributed by atoms with E-state index in [-0.39, 0.29) is 31.1 Å². The number of rotatable bonds is 5. The molecule has 0 radical (unpaired) electrons. The number of aryl methyl sites for hydroxylation is 2. The molecule has 0 saturated carbocycles. The maximum atomic E-state index is 12.8. The van der Waals surface area contributed by atoms with Gasteiger partial charge in [0.25, 0.3) is 5.69 Å². The average Bonchev–Trinajstić information content (AvgIpc) is 3.10. The molecule has 0 unspecified atom stereocenters. The SMILES string of the molecule is Cc1noc(CCC(=O)N2CCN(c3ccc(C(F)(F)F)cc3[N+](=O)[O-])CC2)n1. The van der Waals surface area contributed by atoms with Crippen molar-refractivity contribution in [1.82, 2.24) is 15.0 Å². The van der Waals surface area contributed by atoms with E-state index in [9.17, 15) is 28.1 Å². The van der Waals surface area contributed by atoms with Crippen molar-refractivity contribution in [1.29, 1.82) is 0 Å². The fourth-order valence-corrected chi connectivity index (χ4v) is 3.12. The smallest absolute Gasteiger partial charge is 0.362 e. The average molecular weight is 413 g/mol. The van der Waals surface area contributed by atoms with Crippen molar-refractivity contribution in [3.8, 4) is 0 Å². The predicted octanol–water partition coefficient (Wildman–Crippen LogP) is 2.59. The predicted molar refractivity (Wildman–Crippen MR) is 94.2 cm³/mol. The van der Waals surface area contributed by atoms with Crippen LogP contribution in [-0.4, -0.2) is 52.1 Å². The highest BCUT2D eigenvalue weighted by Gasteiger charge is 2.34. The van der Waals surface area contributed by atoms with Crippen molar-refractivity contribution >= 4 is 17.3 Å². The van der Waals surface area contributed by atoms with Crippen molar-refractivity contribution in [2.24, 2.45) is 0 Å². The molecule has 2 aromatic rings. The first-order valence-corrected chi connectivity index (χ1v) is 8.82. The van der Waals surface area contributed by atoms with Gasteiger partial charge in [0.15, 0.2) is 5.82 Å². The molecule has 9 nitrogen and oxygen atoms in total. The Kier molecular flexibility index (Phi) is 5.71. The number of nitrogens with zero attached hydrogens (tertiary/aromatic N) is 5. The summed E-state index contributed by atoms with van der Waals surface area (Å²) in [4.78, 5) is 30.0. The maximum Gasteiger partial charge on any atom is 0.416 e. The van der Waals surface area contributed by atoms with Crippen LogP contribution in [0.3, 0.4) is 0 Å². The van der Waals surface area contributed by atoms with E-state index in [1.807, 2.05) is 0 Å². The van der Waals surface area contributed by atoms with Gasteiger partial charge in [0, 0.05) is 45.1 Å². The number of aromatic nitrogens is 2. The summed E-state index contributed by atoms with van der Waals surface area (Å²) in [5.74, 6) is 0.733. The summed E-state index contributed by atoms with van der Waals surface area (Å²) in [6.45, 7) is 2.84. The van der Waals surface area contributed by atoms with Crippen LogP contribution < -0.4 is 4.90 Å². The Hall–Kier alpha value is -3.18. The van der Waals surface area contributed by atoms with Crippen LogP contribution in [0.25, 0.3) is 0 Å². The molecular formula is C17H18F3N5O4. The van der Waals surface area contributed by atoms with Crippen molar-refractivity contribution in [3.63, 3.8) is 0 Å². The molecule has 0 atom stereocenters. The lowest BCUT2D eigenvalue weighted by molar-refractivity contribution is -0.384. The summed E-state index contributed by atoms with van der Waals surface area (Å²) in [5, 5.41) is 14.9. The van der Waals surface area contributed by atoms with Crippen LogP contribution >= 0.6 is 0 Å². The molecule has 1 aliphatic rings. The van der Waals surface area contributed by atoms with Gasteiger partial charge in [-0.3, -0.25) is 14.9 Å². The largest absolute Gasteiger partial charge is 0.416 e. The van der Waals surface area contributed by atoms with Crippen LogP contribution in [0.1, 0.15) is 23.7 Å². The first-order valence-electron chi connectivity index (χ1n) is 8.82. The van der Waals surface area contributed by atoms with Crippen LogP contribution in [-0.2, 0) is 17.4 Å². The summed E-state index contributed by atoms with van der Waals surface area (Å²) in [6, 6.07) is 2.47. The van der Waals surface area contributed by atoms with Gasteiger partial charge in [-0.25, -0.2) is 0 Å². The zero-order chi connectivity index (χ0) is 21.2. The normalized spacial score (nSPS) is 14.9. The summed E-state index contributed by atoms with van der Waals surface area (Å²) in [7, 11) is 0. The molecular weight excluding hydrogens is 395 g/mol. The second-order valence-electron chi connectivity index (χ2n) is 6.56. The lowest BCUT2D eigenvalue weighted by atomic mass is 10.1. The Morgan fingerprint density at radius 2 is 1.97 bits per heavy atom. The Labute approximate surface area is 163 Å². The number of halogens is 3. The lowest BCUT2D eigenvalue weighted by Gasteiger charge is -2.36. The number of piperazine rings is 1. The van der Waals surface area contributed by atoms with E-state index < -0.39 is 22.4 Å². The van der Waals surface area contributed by atoms with Crippen molar-refractivity contribution in [2.75, 3.05) is 31.1 Å². The molecule has 1 aliphatic heterocycles. The van der Waals surface area contributed by atoms with E-state index in [0.717, 1.165) is 12.1 Å². The quantitative estimate of drug-likeness (QED) is 0.548. The molecule has 0 aliphatic carbocycles. The maximum absolute atomic E-state index is 12.8. The second-order valence-corrected chi connectivity index (χ2v) is 6.56. The second kappa shape index (κ2) is 8.05. The van der Waals surface area contributed by atoms with Crippen LogP contribution in [0.15, 0.2) is 22.7 Å². The van der Waals surface area contributed by atoms with Gasteiger partial charge in [-0.1, -0.05) is 5.16 Å². The minimum atomic E-state index is -4.66. The molecule has 12 heteroatoms. The molecule has 1 amide bonds. The molecule has 1 fully saturated rings. The first-order chi connectivity index (χ1) is 13.6. The van der Waals surface area contributed by atoms with E-state index in [1.54, 1.807) is 16.7 Å². The molecule has 156 valence electrons. The zero-order valence-corrected chi connectivity index (χ0v) is 15.5. The number of alkyl halides is 3. The van der Waals surface area contributed by atoms with Crippen LogP contribution in [0, 0.1) is 17.0 Å². The van der Waals surface area contributed by atoms with Gasteiger partial charge in [-0.05, 0) is 19.1 Å². The standard InChI is InChI=1S/C17H18F3N5O4/c1-11-21-15(29-22-11)4-5-16(26)24-8-6-23(7-9-24)13-3-2-12(17(18,19)20)10-14(13)25(27)28/h2-3,10H,4-9H2,1H3. The Morgan fingerprint density at radius 3 is 2.52 bits per heavy atom. The van der Waals surface area contributed by atoms with Gasteiger partial charge >= 0.3 is 6.18 Å². The number of carbonyl (C=O) groups excluding carboxylic acids is 1. The fraction of sp³-hybridized carbons (Fsp3) is 0.471. The molecule has 1 aromatic carbocycles. The Morgan fingerprint density at radius 1 is 1.28 bits per heavy atom. The van der Waals surface area contributed by atoms with E-state index in [4.69, 9.17) is 4.52 Å². The third-order valence-corrected chi connectivity index (χ3v) is 4.59. The van der Waals surface area contributed by atoms with Crippen molar-refractivity contribution in [3.05, 3.63) is 45.6 Å². The molecule has 0 bridgehead atoms. The Bertz CT molecular complexity index is 907. The number of hydrogen-bond acceptors (Lipinski definition) is 7. The lowest BCUT2D eigenvalue weighted by Crippen LogP contribution is -2.49. The summed E-state index contributed by atoms with van der Waals surface area (Å²) in [5.41, 5.74) is -1.57. The van der Waals surface area contributed by atoms with Crippen LogP contribution in [0.5, 0.6) is 0 Å². The monoisotopic (exact) mass is 413 g/mol. The third-order valence-electron chi connectivity index (χ3n) is 4.59. The molecule has 2 heterocycles. The molecule has 0 spiro atoms. The number of hydrogen-bond donors (Lipinski definition) is 0. The van der Waals surface area contributed by atoms with Gasteiger partial charge < -0.3 is 14.3 Å². The van der Waals surface area contributed by atoms with Crippen molar-refractivity contribution in [2.45, 2.75) is 25.9 Å². The number of nitro groups is 1. The van der Waals surface area contributed by atoms with E-state index >= 15 is 0 Å². The number of anilines is 1. The summed E-state index contributed by atoms with van der Waals surface area (Å²) in [6.07, 6.45) is -4.17. The van der Waals surface area contributed by atoms with E-state index in [1.165, 1.54) is 0 Å². The van der Waals surface area contributed by atoms with Crippen molar-refractivity contribution < 1.29 is 27.4 Å². The number of carbonyl (C=O) groups is 1. The summed E-state index contributed by atoms with van der Waals surface area (Å²) >= 11 is 0. The molecule has 0 N–H and O–H groups in total. The number of benzene rings is 1. The minimum Gasteiger partial charge on any atom is -0.362 e. The molecule has 3 rings (SSSR count). The molecule has 1 aromatic heterocycles. The zero-order valence-electron chi connectivity index (χ0n) is 15.5. The highest BCUT2D eigenvalue weighted by atomic mass is 19.4. The highest BCUT2D eigenvalue weighted by Crippen LogP contribution is 2.36. The van der Waals surface area contributed by atoms with Crippen LogP contribution in [0.4, 0.5) is 24.5 Å². The van der Waals surface area contributed by atoms with Gasteiger partial charge in [0.2, 0.25) is 11.8 Å². The Balaban J connectivity index is 1.62. The van der Waals surface area contributed by atoms with Crippen LogP contribution in [0.2, 0.25) is 0 Å². The van der Waals surface area contributed by atoms with Gasteiger partial charge in [0.05, 0.1) is 10.5 Å². The molecule has 29 heavy (non-hydrogen) atoms. The number of amides is 1. The van der Waals surface area contributed by atoms with Gasteiger partial charge in [-0.2, -0.15) is 18.2 Å². The highest BCUT2D eigenvalue weighted by molar-refractivity contribution is 5.77. The number of nitro benzene ring substituents is 1. The van der Waals surface area contributed by atoms with E-state index in [2.05, 4.69) is 10.1 Å². The third kappa shape index (κ3) is 4.81. The van der Waals surface area contributed by atoms with Gasteiger partial charge in [-0.15, -0.1) is 0 Å². The fourth-order valence-electron chi connectivity index (χ4n) is 3.12. The summed E-state index contributed by atoms with van der Waals surface area (Å²) < 4.78 is 43.5. The first kappa shape index (κ1) is 20.6. The van der Waals surface area contributed by atoms with E-state index in [0.29, 0.717) is 37.3 Å². The molecule has 1 saturated heterocycles.